The van der Waals surface area contributed by atoms with Crippen LogP contribution in [0.5, 0.6) is 5.75 Å². The van der Waals surface area contributed by atoms with Gasteiger partial charge in [0.25, 0.3) is 0 Å². The quantitative estimate of drug-likeness (QED) is 0.579. The minimum Gasteiger partial charge on any atom is -0.507 e. The number of nitrogens with zero attached hydrogens (tertiary/aromatic N) is 1. The predicted molar refractivity (Wildman–Crippen MR) is 109 cm³/mol. The molecule has 0 unspecified atom stereocenters. The van der Waals surface area contributed by atoms with E-state index in [1.54, 1.807) is 6.07 Å². The Labute approximate surface area is 179 Å². The summed E-state index contributed by atoms with van der Waals surface area (Å²) in [4.78, 5) is 2.24. The fourth-order valence-corrected chi connectivity index (χ4v) is 4.70. The first-order chi connectivity index (χ1) is 11.9. The highest BCUT2D eigenvalue weighted by Crippen LogP contribution is 2.46. The second kappa shape index (κ2) is 10.5. The predicted octanol–water partition coefficient (Wildman–Crippen LogP) is 5.54. The number of benzene rings is 1. The molecule has 0 bridgehead atoms. The van der Waals surface area contributed by atoms with Gasteiger partial charge in [0.2, 0.25) is 0 Å². The van der Waals surface area contributed by atoms with E-state index in [2.05, 4.69) is 26.1 Å². The lowest BCUT2D eigenvalue weighted by Crippen LogP contribution is -2.47. The van der Waals surface area contributed by atoms with Gasteiger partial charge in [-0.05, 0) is 30.9 Å². The van der Waals surface area contributed by atoms with Crippen LogP contribution in [0.25, 0.3) is 0 Å². The van der Waals surface area contributed by atoms with Crippen LogP contribution in [0.2, 0.25) is 0 Å². The zero-order chi connectivity index (χ0) is 18.0. The Balaban J connectivity index is 0.00000182. The molecule has 0 spiro atoms. The fourth-order valence-electron chi connectivity index (χ4n) is 4.22. The average molecular weight is 494 g/mol. The van der Waals surface area contributed by atoms with Crippen LogP contribution >= 0.6 is 40.7 Å². The molecule has 156 valence electrons. The van der Waals surface area contributed by atoms with Crippen LogP contribution in [0.15, 0.2) is 16.6 Å². The van der Waals surface area contributed by atoms with Gasteiger partial charge in [-0.3, -0.25) is 4.90 Å². The third kappa shape index (κ3) is 5.89. The van der Waals surface area contributed by atoms with Crippen molar-refractivity contribution in [3.63, 3.8) is 0 Å². The van der Waals surface area contributed by atoms with Gasteiger partial charge in [0.15, 0.2) is 0 Å². The molecule has 1 saturated heterocycles. The van der Waals surface area contributed by atoms with Gasteiger partial charge in [-0.15, -0.1) is 24.8 Å². The number of alkyl halides is 3. The minimum atomic E-state index is -4.57. The van der Waals surface area contributed by atoms with E-state index >= 15 is 0 Å². The standard InChI is InChI=1S/C18H24BrF3N2O.2ClH/c19-13-10-14(17(25)15(11-13)18(20,21)22)16(12-4-2-1-3-5-12)24-8-6-23-7-9-24;;/h10-12,16,23,25H,1-9H2;2*1H/t16-;;/m1../s1. The molecule has 1 saturated carbocycles. The molecule has 3 nitrogen and oxygen atoms in total. The largest absolute Gasteiger partial charge is 0.507 e. The second-order valence-electron chi connectivity index (χ2n) is 7.02. The molecular weight excluding hydrogens is 468 g/mol. The molecule has 2 N–H and O–H groups in total. The van der Waals surface area contributed by atoms with Crippen LogP contribution in [0.1, 0.15) is 49.3 Å². The molecule has 1 aliphatic heterocycles. The lowest BCUT2D eigenvalue weighted by Gasteiger charge is -2.41. The molecule has 2 fully saturated rings. The third-order valence-corrected chi connectivity index (χ3v) is 5.83. The molecule has 27 heavy (non-hydrogen) atoms. The number of nitrogens with one attached hydrogen (secondary N) is 1. The SMILES string of the molecule is Cl.Cl.Oc1c([C@@H](C2CCCCC2)N2CCNCC2)cc(Br)cc1C(F)(F)F. The third-order valence-electron chi connectivity index (χ3n) is 5.37. The van der Waals surface area contributed by atoms with Crippen LogP contribution in [0.3, 0.4) is 0 Å². The smallest absolute Gasteiger partial charge is 0.420 e. The summed E-state index contributed by atoms with van der Waals surface area (Å²) in [5.41, 5.74) is -0.539. The first-order valence-corrected chi connectivity index (χ1v) is 9.71. The normalized spacial score (nSPS) is 20.4. The Bertz CT molecular complexity index is 589. The number of aromatic hydroxyl groups is 1. The van der Waals surface area contributed by atoms with Crippen molar-refractivity contribution in [3.05, 3.63) is 27.7 Å². The first-order valence-electron chi connectivity index (χ1n) is 8.92. The minimum absolute atomic E-state index is 0. The topological polar surface area (TPSA) is 35.5 Å². The highest BCUT2D eigenvalue weighted by atomic mass is 79.9. The van der Waals surface area contributed by atoms with E-state index in [1.807, 2.05) is 0 Å². The summed E-state index contributed by atoms with van der Waals surface area (Å²) in [5, 5.41) is 13.8. The number of hydrogen-bond acceptors (Lipinski definition) is 3. The molecule has 1 aromatic rings. The molecule has 3 rings (SSSR count). The van der Waals surface area contributed by atoms with Gasteiger partial charge < -0.3 is 10.4 Å². The van der Waals surface area contributed by atoms with Crippen LogP contribution in [-0.4, -0.2) is 36.2 Å². The molecule has 0 amide bonds. The molecule has 1 heterocycles. The zero-order valence-electron chi connectivity index (χ0n) is 14.9. The second-order valence-corrected chi connectivity index (χ2v) is 7.93. The van der Waals surface area contributed by atoms with Crippen molar-refractivity contribution >= 4 is 40.7 Å². The summed E-state index contributed by atoms with van der Waals surface area (Å²) in [6.45, 7) is 3.22. The lowest BCUT2D eigenvalue weighted by molar-refractivity contribution is -0.139. The van der Waals surface area contributed by atoms with Crippen molar-refractivity contribution in [2.45, 2.75) is 44.3 Å². The average Bonchev–Trinajstić information content (AvgIpc) is 2.59. The molecule has 1 atom stereocenters. The molecule has 0 radical (unpaired) electrons. The Morgan fingerprint density at radius 3 is 2.22 bits per heavy atom. The first kappa shape index (κ1) is 24.8. The number of halogens is 6. The number of piperazine rings is 1. The highest BCUT2D eigenvalue weighted by molar-refractivity contribution is 9.10. The monoisotopic (exact) mass is 492 g/mol. The fraction of sp³-hybridized carbons (Fsp3) is 0.667. The lowest BCUT2D eigenvalue weighted by atomic mass is 9.79. The molecule has 1 aromatic carbocycles. The highest BCUT2D eigenvalue weighted by Gasteiger charge is 2.39. The maximum atomic E-state index is 13.4. The van der Waals surface area contributed by atoms with Crippen molar-refractivity contribution in [3.8, 4) is 5.75 Å². The van der Waals surface area contributed by atoms with E-state index in [1.165, 1.54) is 6.42 Å². The van der Waals surface area contributed by atoms with Gasteiger partial charge >= 0.3 is 6.18 Å². The van der Waals surface area contributed by atoms with Crippen molar-refractivity contribution in [2.24, 2.45) is 5.92 Å². The number of hydrogen-bond donors (Lipinski definition) is 2. The summed E-state index contributed by atoms with van der Waals surface area (Å²) >= 11 is 3.21. The summed E-state index contributed by atoms with van der Waals surface area (Å²) in [6, 6.07) is 2.47. The van der Waals surface area contributed by atoms with Crippen molar-refractivity contribution in [1.82, 2.24) is 10.2 Å². The summed E-state index contributed by atoms with van der Waals surface area (Å²) < 4.78 is 40.4. The van der Waals surface area contributed by atoms with Crippen molar-refractivity contribution < 1.29 is 18.3 Å². The van der Waals surface area contributed by atoms with Gasteiger partial charge in [-0.25, -0.2) is 0 Å². The molecule has 9 heteroatoms. The van der Waals surface area contributed by atoms with Crippen LogP contribution < -0.4 is 5.32 Å². The Hall–Kier alpha value is -0.210. The summed E-state index contributed by atoms with van der Waals surface area (Å²) in [5.74, 6) is -0.321. The molecule has 1 aliphatic carbocycles. The van der Waals surface area contributed by atoms with E-state index in [0.717, 1.165) is 57.9 Å². The van der Waals surface area contributed by atoms with Gasteiger partial charge in [0.05, 0.1) is 5.56 Å². The van der Waals surface area contributed by atoms with Crippen LogP contribution in [-0.2, 0) is 6.18 Å². The number of phenols is 1. The van der Waals surface area contributed by atoms with Gasteiger partial charge in [-0.1, -0.05) is 35.2 Å². The Morgan fingerprint density at radius 1 is 1.07 bits per heavy atom. The van der Waals surface area contributed by atoms with Crippen molar-refractivity contribution in [2.75, 3.05) is 26.2 Å². The van der Waals surface area contributed by atoms with Gasteiger partial charge in [-0.2, -0.15) is 13.2 Å². The summed E-state index contributed by atoms with van der Waals surface area (Å²) in [6.07, 6.45) is 0.832. The number of rotatable bonds is 3. The maximum Gasteiger partial charge on any atom is 0.420 e. The summed E-state index contributed by atoms with van der Waals surface area (Å²) in [7, 11) is 0. The van der Waals surface area contributed by atoms with E-state index in [4.69, 9.17) is 0 Å². The van der Waals surface area contributed by atoms with Crippen LogP contribution in [0, 0.1) is 5.92 Å². The maximum absolute atomic E-state index is 13.4. The Kier molecular flexibility index (Phi) is 9.69. The number of phenolic OH excluding ortho intramolecular Hbond substituents is 1. The van der Waals surface area contributed by atoms with Gasteiger partial charge in [0, 0.05) is 42.3 Å². The van der Waals surface area contributed by atoms with Crippen molar-refractivity contribution in [1.29, 1.82) is 0 Å². The Morgan fingerprint density at radius 2 is 1.67 bits per heavy atom. The molecular formula is C18H26BrCl2F3N2O. The van der Waals surface area contributed by atoms with Gasteiger partial charge in [0.1, 0.15) is 5.75 Å². The van der Waals surface area contributed by atoms with E-state index < -0.39 is 17.5 Å². The molecule has 0 aromatic heterocycles. The van der Waals surface area contributed by atoms with Crippen LogP contribution in [0.4, 0.5) is 13.2 Å². The van der Waals surface area contributed by atoms with E-state index in [-0.39, 0.29) is 36.8 Å². The zero-order valence-corrected chi connectivity index (χ0v) is 18.1. The van der Waals surface area contributed by atoms with E-state index in [0.29, 0.717) is 10.0 Å². The molecule has 2 aliphatic rings. The van der Waals surface area contributed by atoms with E-state index in [9.17, 15) is 18.3 Å².